The van der Waals surface area contributed by atoms with Gasteiger partial charge in [-0.2, -0.15) is 0 Å². The minimum absolute atomic E-state index is 0.0577. The highest BCUT2D eigenvalue weighted by atomic mass is 32.1. The molecule has 1 aromatic heterocycles. The number of para-hydroxylation sites is 1. The number of benzene rings is 2. The van der Waals surface area contributed by atoms with Crippen LogP contribution in [0, 0.1) is 0 Å². The van der Waals surface area contributed by atoms with E-state index in [1.54, 1.807) is 0 Å². The van der Waals surface area contributed by atoms with E-state index in [4.69, 9.17) is 0 Å². The number of rotatable bonds is 3. The monoisotopic (exact) mass is 334 g/mol. The van der Waals surface area contributed by atoms with Gasteiger partial charge >= 0.3 is 0 Å². The molecular weight excluding hydrogens is 316 g/mol. The molecule has 1 aliphatic rings. The van der Waals surface area contributed by atoms with Crippen LogP contribution in [0.25, 0.3) is 0 Å². The number of amides is 1. The van der Waals surface area contributed by atoms with Crippen LogP contribution in [0.15, 0.2) is 66.0 Å². The van der Waals surface area contributed by atoms with Crippen molar-refractivity contribution in [1.82, 2.24) is 0 Å². The van der Waals surface area contributed by atoms with E-state index in [2.05, 4.69) is 53.5 Å². The molecule has 4 rings (SSSR count). The summed E-state index contributed by atoms with van der Waals surface area (Å²) in [4.78, 5) is 15.2. The average molecular weight is 334 g/mol. The standard InChI is InChI=1S/C20H18N2OS/c1-14-13-15-5-2-3-6-18(15)22(14)17-10-8-16(9-11-17)21-20(23)19-7-4-12-24-19/h2-12,14H,13H2,1H3,(H,21,23). The van der Waals surface area contributed by atoms with Gasteiger partial charge in [0.2, 0.25) is 0 Å². The van der Waals surface area contributed by atoms with Gasteiger partial charge in [-0.1, -0.05) is 24.3 Å². The van der Waals surface area contributed by atoms with E-state index in [1.165, 1.54) is 22.6 Å². The summed E-state index contributed by atoms with van der Waals surface area (Å²) in [6, 6.07) is 20.8. The summed E-state index contributed by atoms with van der Waals surface area (Å²) in [5.41, 5.74) is 4.64. The van der Waals surface area contributed by atoms with Crippen LogP contribution in [0.1, 0.15) is 22.2 Å². The van der Waals surface area contributed by atoms with Crippen molar-refractivity contribution >= 4 is 34.3 Å². The van der Waals surface area contributed by atoms with E-state index in [0.29, 0.717) is 6.04 Å². The lowest BCUT2D eigenvalue weighted by atomic mass is 10.1. The van der Waals surface area contributed by atoms with Crippen molar-refractivity contribution in [3.8, 4) is 0 Å². The summed E-state index contributed by atoms with van der Waals surface area (Å²) in [6.07, 6.45) is 1.06. The van der Waals surface area contributed by atoms with E-state index < -0.39 is 0 Å². The molecule has 1 aliphatic heterocycles. The molecule has 1 unspecified atom stereocenters. The van der Waals surface area contributed by atoms with Crippen molar-refractivity contribution in [2.45, 2.75) is 19.4 Å². The van der Waals surface area contributed by atoms with Crippen LogP contribution in [0.2, 0.25) is 0 Å². The summed E-state index contributed by atoms with van der Waals surface area (Å²) in [6.45, 7) is 2.24. The quantitative estimate of drug-likeness (QED) is 0.724. The smallest absolute Gasteiger partial charge is 0.265 e. The highest BCUT2D eigenvalue weighted by molar-refractivity contribution is 7.12. The summed E-state index contributed by atoms with van der Waals surface area (Å²) >= 11 is 1.45. The van der Waals surface area contributed by atoms with E-state index >= 15 is 0 Å². The molecule has 0 fully saturated rings. The van der Waals surface area contributed by atoms with E-state index in [9.17, 15) is 4.79 Å². The fourth-order valence-corrected chi connectivity index (χ4v) is 3.88. The van der Waals surface area contributed by atoms with Gasteiger partial charge in [-0.05, 0) is 60.7 Å². The highest BCUT2D eigenvalue weighted by Gasteiger charge is 2.26. The topological polar surface area (TPSA) is 32.3 Å². The number of nitrogens with one attached hydrogen (secondary N) is 1. The van der Waals surface area contributed by atoms with E-state index in [-0.39, 0.29) is 5.91 Å². The predicted octanol–water partition coefficient (Wildman–Crippen LogP) is 5.08. The molecule has 2 aromatic carbocycles. The molecule has 1 amide bonds. The molecule has 0 saturated heterocycles. The Kier molecular flexibility index (Phi) is 3.82. The van der Waals surface area contributed by atoms with Crippen molar-refractivity contribution in [2.75, 3.05) is 10.2 Å². The second-order valence-electron chi connectivity index (χ2n) is 6.03. The Morgan fingerprint density at radius 3 is 2.62 bits per heavy atom. The number of anilines is 3. The normalized spacial score (nSPS) is 16.0. The first-order chi connectivity index (χ1) is 11.7. The van der Waals surface area contributed by atoms with Gasteiger partial charge < -0.3 is 10.2 Å². The van der Waals surface area contributed by atoms with E-state index in [0.717, 1.165) is 22.7 Å². The van der Waals surface area contributed by atoms with Crippen molar-refractivity contribution in [1.29, 1.82) is 0 Å². The zero-order valence-electron chi connectivity index (χ0n) is 13.4. The van der Waals surface area contributed by atoms with Crippen LogP contribution < -0.4 is 10.2 Å². The molecule has 24 heavy (non-hydrogen) atoms. The molecule has 120 valence electrons. The maximum absolute atomic E-state index is 12.1. The highest BCUT2D eigenvalue weighted by Crippen LogP contribution is 2.38. The second kappa shape index (κ2) is 6.13. The third kappa shape index (κ3) is 2.69. The molecule has 0 saturated carbocycles. The number of nitrogens with zero attached hydrogens (tertiary/aromatic N) is 1. The number of thiophene rings is 1. The molecular formula is C20H18N2OS. The Labute approximate surface area is 145 Å². The molecule has 3 aromatic rings. The molecule has 3 nitrogen and oxygen atoms in total. The Balaban J connectivity index is 1.55. The third-order valence-corrected chi connectivity index (χ3v) is 5.22. The number of carbonyl (C=O) groups excluding carboxylic acids is 1. The summed E-state index contributed by atoms with van der Waals surface area (Å²) in [7, 11) is 0. The number of hydrogen-bond acceptors (Lipinski definition) is 3. The second-order valence-corrected chi connectivity index (χ2v) is 6.98. The Morgan fingerprint density at radius 2 is 1.88 bits per heavy atom. The Hall–Kier alpha value is -2.59. The van der Waals surface area contributed by atoms with Gasteiger partial charge in [-0.3, -0.25) is 4.79 Å². The third-order valence-electron chi connectivity index (χ3n) is 4.36. The van der Waals surface area contributed by atoms with Crippen molar-refractivity contribution in [3.05, 3.63) is 76.5 Å². The van der Waals surface area contributed by atoms with Crippen molar-refractivity contribution in [3.63, 3.8) is 0 Å². The largest absolute Gasteiger partial charge is 0.338 e. The van der Waals surface area contributed by atoms with Gasteiger partial charge in [0.1, 0.15) is 0 Å². The molecule has 0 bridgehead atoms. The van der Waals surface area contributed by atoms with Gasteiger partial charge in [-0.15, -0.1) is 11.3 Å². The predicted molar refractivity (Wildman–Crippen MR) is 100 cm³/mol. The molecule has 1 atom stereocenters. The number of carbonyl (C=O) groups is 1. The van der Waals surface area contributed by atoms with Gasteiger partial charge in [0.25, 0.3) is 5.91 Å². The molecule has 2 heterocycles. The van der Waals surface area contributed by atoms with Crippen LogP contribution >= 0.6 is 11.3 Å². The lowest BCUT2D eigenvalue weighted by Crippen LogP contribution is -2.23. The Bertz CT molecular complexity index is 856. The van der Waals surface area contributed by atoms with Gasteiger partial charge in [0, 0.05) is 23.1 Å². The summed E-state index contributed by atoms with van der Waals surface area (Å²) in [5.74, 6) is -0.0577. The minimum atomic E-state index is -0.0577. The molecule has 0 radical (unpaired) electrons. The van der Waals surface area contributed by atoms with E-state index in [1.807, 2.05) is 29.6 Å². The lowest BCUT2D eigenvalue weighted by molar-refractivity contribution is 0.103. The zero-order chi connectivity index (χ0) is 16.5. The minimum Gasteiger partial charge on any atom is -0.338 e. The fraction of sp³-hybridized carbons (Fsp3) is 0.150. The molecule has 0 spiro atoms. The van der Waals surface area contributed by atoms with Gasteiger partial charge in [0.15, 0.2) is 0 Å². The number of hydrogen-bond donors (Lipinski definition) is 1. The Morgan fingerprint density at radius 1 is 1.08 bits per heavy atom. The van der Waals surface area contributed by atoms with Crippen LogP contribution in [-0.2, 0) is 6.42 Å². The molecule has 0 aliphatic carbocycles. The first-order valence-corrected chi connectivity index (χ1v) is 8.92. The molecule has 1 N–H and O–H groups in total. The van der Waals surface area contributed by atoms with Gasteiger partial charge in [-0.25, -0.2) is 0 Å². The van der Waals surface area contributed by atoms with Crippen molar-refractivity contribution in [2.24, 2.45) is 0 Å². The molecule has 4 heteroatoms. The lowest BCUT2D eigenvalue weighted by Gasteiger charge is -2.25. The van der Waals surface area contributed by atoms with Crippen LogP contribution in [0.5, 0.6) is 0 Å². The first-order valence-electron chi connectivity index (χ1n) is 8.04. The average Bonchev–Trinajstić information content (AvgIpc) is 3.23. The summed E-state index contributed by atoms with van der Waals surface area (Å²) < 4.78 is 0. The van der Waals surface area contributed by atoms with Crippen LogP contribution in [0.4, 0.5) is 17.1 Å². The maximum atomic E-state index is 12.1. The fourth-order valence-electron chi connectivity index (χ4n) is 3.26. The first kappa shape index (κ1) is 15.0. The zero-order valence-corrected chi connectivity index (χ0v) is 14.2. The van der Waals surface area contributed by atoms with Gasteiger partial charge in [0.05, 0.1) is 4.88 Å². The summed E-state index contributed by atoms with van der Waals surface area (Å²) in [5, 5.41) is 4.85. The van der Waals surface area contributed by atoms with Crippen molar-refractivity contribution < 1.29 is 4.79 Å². The number of fused-ring (bicyclic) bond motifs is 1. The van der Waals surface area contributed by atoms with Crippen LogP contribution in [0.3, 0.4) is 0 Å². The SMILES string of the molecule is CC1Cc2ccccc2N1c1ccc(NC(=O)c2cccs2)cc1. The maximum Gasteiger partial charge on any atom is 0.265 e. The van der Waals surface area contributed by atoms with Crippen LogP contribution in [-0.4, -0.2) is 11.9 Å².